The van der Waals surface area contributed by atoms with Gasteiger partial charge in [-0.2, -0.15) is 0 Å². The zero-order valence-electron chi connectivity index (χ0n) is 11.9. The van der Waals surface area contributed by atoms with Crippen molar-refractivity contribution in [2.75, 3.05) is 12.8 Å². The van der Waals surface area contributed by atoms with Crippen molar-refractivity contribution in [1.82, 2.24) is 9.88 Å². The Morgan fingerprint density at radius 3 is 2.81 bits per heavy atom. The molecule has 6 nitrogen and oxygen atoms in total. The molecule has 21 heavy (non-hydrogen) atoms. The first-order chi connectivity index (χ1) is 9.92. The first-order valence-corrected chi connectivity index (χ1v) is 7.54. The Morgan fingerprint density at radius 1 is 1.62 bits per heavy atom. The van der Waals surface area contributed by atoms with Crippen LogP contribution in [0.5, 0.6) is 5.75 Å². The van der Waals surface area contributed by atoms with Crippen molar-refractivity contribution in [2.45, 2.75) is 24.8 Å². The molecule has 3 N–H and O–H groups in total. The molecule has 0 aliphatic rings. The van der Waals surface area contributed by atoms with E-state index in [1.54, 1.807) is 17.7 Å². The Morgan fingerprint density at radius 2 is 2.29 bits per heavy atom. The Kier molecular flexibility index (Phi) is 6.34. The van der Waals surface area contributed by atoms with Crippen LogP contribution < -0.4 is 10.7 Å². The van der Waals surface area contributed by atoms with Crippen LogP contribution in [0.1, 0.15) is 17.5 Å². The predicted molar refractivity (Wildman–Crippen MR) is 82.5 cm³/mol. The third-order valence-electron chi connectivity index (χ3n) is 3.12. The van der Waals surface area contributed by atoms with E-state index in [0.717, 1.165) is 0 Å². The smallest absolute Gasteiger partial charge is 0.320 e. The quantitative estimate of drug-likeness (QED) is 0.645. The number of carbonyl (C=O) groups is 1. The molecule has 2 atom stereocenters. The van der Waals surface area contributed by atoms with Gasteiger partial charge in [-0.15, -0.1) is 18.2 Å². The second-order valence-electron chi connectivity index (χ2n) is 4.42. The van der Waals surface area contributed by atoms with Crippen LogP contribution in [0, 0.1) is 19.3 Å². The van der Waals surface area contributed by atoms with Gasteiger partial charge >= 0.3 is 5.97 Å². The van der Waals surface area contributed by atoms with Crippen molar-refractivity contribution >= 4 is 17.7 Å². The highest BCUT2D eigenvalue weighted by atomic mass is 32.2. The van der Waals surface area contributed by atoms with E-state index in [0.29, 0.717) is 5.69 Å². The Hall–Kier alpha value is -1.91. The second-order valence-corrected chi connectivity index (χ2v) is 5.44. The summed E-state index contributed by atoms with van der Waals surface area (Å²) >= 11 is 1.43. The van der Waals surface area contributed by atoms with Gasteiger partial charge in [0.25, 0.3) is 0 Å². The fourth-order valence-electron chi connectivity index (χ4n) is 1.93. The van der Waals surface area contributed by atoms with Crippen molar-refractivity contribution in [3.05, 3.63) is 28.2 Å². The van der Waals surface area contributed by atoms with Gasteiger partial charge < -0.3 is 14.8 Å². The molecule has 0 radical (unpaired) electrons. The van der Waals surface area contributed by atoms with Gasteiger partial charge in [0.15, 0.2) is 5.75 Å². The third kappa shape index (κ3) is 4.28. The molecule has 0 aromatic carbocycles. The van der Waals surface area contributed by atoms with E-state index in [2.05, 4.69) is 11.2 Å². The van der Waals surface area contributed by atoms with Crippen molar-refractivity contribution in [1.29, 1.82) is 0 Å². The second kappa shape index (κ2) is 7.76. The molecule has 0 fully saturated rings. The van der Waals surface area contributed by atoms with Crippen LogP contribution in [0.3, 0.4) is 0 Å². The average molecular weight is 310 g/mol. The van der Waals surface area contributed by atoms with Gasteiger partial charge in [-0.25, -0.2) is 0 Å². The number of thioether (sulfide) groups is 1. The van der Waals surface area contributed by atoms with Gasteiger partial charge in [0, 0.05) is 18.7 Å². The molecule has 114 valence electrons. The van der Waals surface area contributed by atoms with E-state index in [1.807, 2.05) is 6.26 Å². The van der Waals surface area contributed by atoms with Crippen LogP contribution in [0.25, 0.3) is 0 Å². The number of pyridine rings is 1. The molecule has 0 bridgehead atoms. The molecule has 1 heterocycles. The van der Waals surface area contributed by atoms with Crippen LogP contribution in [0.15, 0.2) is 17.1 Å². The molecule has 0 aliphatic heterocycles. The summed E-state index contributed by atoms with van der Waals surface area (Å²) in [4.78, 5) is 22.6. The number of nitrogens with zero attached hydrogens (tertiary/aromatic N) is 1. The Labute approximate surface area is 127 Å². The highest BCUT2D eigenvalue weighted by Crippen LogP contribution is 2.28. The lowest BCUT2D eigenvalue weighted by atomic mass is 10.2. The zero-order chi connectivity index (χ0) is 16.0. The van der Waals surface area contributed by atoms with Crippen molar-refractivity contribution in [3.63, 3.8) is 0 Å². The first kappa shape index (κ1) is 17.1. The molecular weight excluding hydrogens is 292 g/mol. The van der Waals surface area contributed by atoms with Crippen LogP contribution in [0.4, 0.5) is 0 Å². The summed E-state index contributed by atoms with van der Waals surface area (Å²) in [6, 6.07) is 0.454. The molecule has 0 amide bonds. The Balaban J connectivity index is 3.02. The predicted octanol–water partition coefficient (Wildman–Crippen LogP) is 0.790. The molecule has 0 saturated carbocycles. The van der Waals surface area contributed by atoms with E-state index in [4.69, 9.17) is 6.42 Å². The summed E-state index contributed by atoms with van der Waals surface area (Å²) in [6.07, 6.45) is 8.78. The molecule has 1 aromatic rings. The summed E-state index contributed by atoms with van der Waals surface area (Å²) < 4.78 is 1.69. The lowest BCUT2D eigenvalue weighted by molar-refractivity contribution is -0.139. The van der Waals surface area contributed by atoms with E-state index in [1.165, 1.54) is 17.8 Å². The summed E-state index contributed by atoms with van der Waals surface area (Å²) in [5.41, 5.74) is -0.0493. The highest BCUT2D eigenvalue weighted by Gasteiger charge is 2.23. The fraction of sp³-hybridized carbons (Fsp3) is 0.429. The number of rotatable bonds is 7. The summed E-state index contributed by atoms with van der Waals surface area (Å²) in [5.74, 6) is 1.03. The van der Waals surface area contributed by atoms with Crippen molar-refractivity contribution in [2.24, 2.45) is 0 Å². The number of carboxylic acids is 1. The maximum atomic E-state index is 11.4. The normalized spacial score (nSPS) is 13.4. The molecule has 1 rings (SSSR count). The number of aliphatic carboxylic acids is 1. The topological polar surface area (TPSA) is 91.6 Å². The molecule has 0 spiro atoms. The number of terminal acetylenes is 1. The number of nitrogens with one attached hydrogen (secondary N) is 1. The molecular formula is C14H18N2O4S. The number of aromatic hydroxyl groups is 1. The first-order valence-electron chi connectivity index (χ1n) is 6.25. The third-order valence-corrected chi connectivity index (χ3v) is 4.08. The molecule has 7 heteroatoms. The number of hydrogen-bond acceptors (Lipinski definition) is 5. The van der Waals surface area contributed by atoms with Crippen LogP contribution in [-0.2, 0) is 4.79 Å². The molecule has 1 aromatic heterocycles. The summed E-state index contributed by atoms with van der Waals surface area (Å²) in [7, 11) is 0. The van der Waals surface area contributed by atoms with Gasteiger partial charge in [-0.3, -0.25) is 14.9 Å². The van der Waals surface area contributed by atoms with Gasteiger partial charge in [0.1, 0.15) is 6.04 Å². The van der Waals surface area contributed by atoms with E-state index in [9.17, 15) is 19.8 Å². The minimum Gasteiger partial charge on any atom is -0.503 e. The standard InChI is InChI=1S/C14H18N2O4S/c1-4-6-15-10(14(19)20)8-12(21-3)16-7-5-11(17)13(18)9(16)2/h1,5,7,10,12,15,18H,6,8H2,2-3H3,(H,19,20)/t10-,12?/m1/s1. The largest absolute Gasteiger partial charge is 0.503 e. The molecule has 0 aliphatic carbocycles. The number of hydrogen-bond donors (Lipinski definition) is 3. The summed E-state index contributed by atoms with van der Waals surface area (Å²) in [6.45, 7) is 1.77. The van der Waals surface area contributed by atoms with Crippen LogP contribution in [0.2, 0.25) is 0 Å². The number of aromatic nitrogens is 1. The lowest BCUT2D eigenvalue weighted by Crippen LogP contribution is -2.38. The van der Waals surface area contributed by atoms with Crippen molar-refractivity contribution in [3.8, 4) is 18.1 Å². The molecule has 0 saturated heterocycles. The maximum Gasteiger partial charge on any atom is 0.320 e. The average Bonchev–Trinajstić information content (AvgIpc) is 2.46. The summed E-state index contributed by atoms with van der Waals surface area (Å²) in [5, 5.41) is 21.4. The Bertz CT molecular complexity index is 606. The maximum absolute atomic E-state index is 11.4. The fourth-order valence-corrected chi connectivity index (χ4v) is 2.77. The van der Waals surface area contributed by atoms with E-state index >= 15 is 0 Å². The van der Waals surface area contributed by atoms with Gasteiger partial charge in [0.05, 0.1) is 17.6 Å². The van der Waals surface area contributed by atoms with Crippen molar-refractivity contribution < 1.29 is 15.0 Å². The van der Waals surface area contributed by atoms with Gasteiger partial charge in [-0.05, 0) is 13.2 Å². The zero-order valence-corrected chi connectivity index (χ0v) is 12.7. The van der Waals surface area contributed by atoms with Gasteiger partial charge in [-0.1, -0.05) is 5.92 Å². The minimum absolute atomic E-state index is 0.159. The van der Waals surface area contributed by atoms with E-state index in [-0.39, 0.29) is 24.1 Å². The van der Waals surface area contributed by atoms with Crippen LogP contribution >= 0.6 is 11.8 Å². The SMILES string of the molecule is C#CCN[C@H](CC(SC)n1ccc(=O)c(O)c1C)C(=O)O. The minimum atomic E-state index is -0.993. The molecule has 1 unspecified atom stereocenters. The van der Waals surface area contributed by atoms with Crippen LogP contribution in [-0.4, -0.2) is 39.6 Å². The number of carboxylic acid groups (broad SMARTS) is 1. The van der Waals surface area contributed by atoms with E-state index < -0.39 is 17.4 Å². The van der Waals surface area contributed by atoms with Gasteiger partial charge in [0.2, 0.25) is 5.43 Å². The highest BCUT2D eigenvalue weighted by molar-refractivity contribution is 7.98. The monoisotopic (exact) mass is 310 g/mol. The lowest BCUT2D eigenvalue weighted by Gasteiger charge is -2.24.